The van der Waals surface area contributed by atoms with E-state index in [0.29, 0.717) is 12.6 Å². The quantitative estimate of drug-likeness (QED) is 0.708. The molecule has 1 fully saturated rings. The Kier molecular flexibility index (Phi) is 5.58. The van der Waals surface area contributed by atoms with Gasteiger partial charge in [-0.2, -0.15) is 0 Å². The van der Waals surface area contributed by atoms with Gasteiger partial charge in [0.05, 0.1) is 11.7 Å². The number of hydrogen-bond donors (Lipinski definition) is 2. The zero-order chi connectivity index (χ0) is 11.1. The second kappa shape index (κ2) is 6.46. The van der Waals surface area contributed by atoms with Crippen LogP contribution in [0.3, 0.4) is 0 Å². The molecule has 1 rings (SSSR count). The Morgan fingerprint density at radius 1 is 1.33 bits per heavy atom. The summed E-state index contributed by atoms with van der Waals surface area (Å²) in [6.07, 6.45) is 5.60. The van der Waals surface area contributed by atoms with E-state index in [0.717, 1.165) is 32.4 Å². The molecule has 1 unspecified atom stereocenters. The van der Waals surface area contributed by atoms with Crippen LogP contribution in [0.4, 0.5) is 0 Å². The zero-order valence-corrected chi connectivity index (χ0v) is 10.1. The molecule has 0 aromatic heterocycles. The minimum absolute atomic E-state index is 0.358. The summed E-state index contributed by atoms with van der Waals surface area (Å²) >= 11 is 0. The highest BCUT2D eigenvalue weighted by Gasteiger charge is 2.22. The molecule has 0 aromatic rings. The number of ether oxygens (including phenoxy) is 1. The Labute approximate surface area is 93.2 Å². The monoisotopic (exact) mass is 215 g/mol. The van der Waals surface area contributed by atoms with Gasteiger partial charge in [-0.15, -0.1) is 0 Å². The summed E-state index contributed by atoms with van der Waals surface area (Å²) in [5.41, 5.74) is -0.533. The van der Waals surface area contributed by atoms with Crippen molar-refractivity contribution in [1.82, 2.24) is 5.32 Å². The van der Waals surface area contributed by atoms with Crippen LogP contribution in [0.15, 0.2) is 0 Å². The van der Waals surface area contributed by atoms with Crippen LogP contribution in [0.2, 0.25) is 0 Å². The predicted octanol–water partition coefficient (Wildman–Crippen LogP) is 1.70. The molecule has 0 aromatic carbocycles. The summed E-state index contributed by atoms with van der Waals surface area (Å²) in [5, 5.41) is 13.4. The average Bonchev–Trinajstić information content (AvgIpc) is 2.30. The van der Waals surface area contributed by atoms with Gasteiger partial charge in [-0.1, -0.05) is 13.8 Å². The van der Waals surface area contributed by atoms with Crippen molar-refractivity contribution in [3.63, 3.8) is 0 Å². The van der Waals surface area contributed by atoms with Crippen molar-refractivity contribution >= 4 is 0 Å². The smallest absolute Gasteiger partial charge is 0.0766 e. The molecule has 0 aliphatic carbocycles. The third kappa shape index (κ3) is 4.49. The maximum atomic E-state index is 10.1. The fourth-order valence-electron chi connectivity index (χ4n) is 1.93. The lowest BCUT2D eigenvalue weighted by molar-refractivity contribution is 0.00341. The van der Waals surface area contributed by atoms with Gasteiger partial charge in [0, 0.05) is 19.7 Å². The minimum atomic E-state index is -0.533. The summed E-state index contributed by atoms with van der Waals surface area (Å²) in [5.74, 6) is 0. The van der Waals surface area contributed by atoms with Crippen LogP contribution >= 0.6 is 0 Å². The van der Waals surface area contributed by atoms with Crippen molar-refractivity contribution in [3.05, 3.63) is 0 Å². The van der Waals surface area contributed by atoms with E-state index in [1.165, 1.54) is 12.8 Å². The molecule has 2 N–H and O–H groups in total. The van der Waals surface area contributed by atoms with Gasteiger partial charge in [0.1, 0.15) is 0 Å². The first kappa shape index (κ1) is 12.9. The molecule has 15 heavy (non-hydrogen) atoms. The Balaban J connectivity index is 2.14. The molecule has 3 nitrogen and oxygen atoms in total. The summed E-state index contributed by atoms with van der Waals surface area (Å²) < 4.78 is 5.62. The van der Waals surface area contributed by atoms with E-state index in [9.17, 15) is 5.11 Å². The highest BCUT2D eigenvalue weighted by atomic mass is 16.5. The molecule has 0 spiro atoms. The first-order valence-electron chi connectivity index (χ1n) is 6.25. The fraction of sp³-hybridized carbons (Fsp3) is 1.00. The van der Waals surface area contributed by atoms with Crippen molar-refractivity contribution in [2.24, 2.45) is 0 Å². The number of nitrogens with one attached hydrogen (secondary N) is 1. The van der Waals surface area contributed by atoms with E-state index in [1.807, 2.05) is 13.8 Å². The zero-order valence-electron chi connectivity index (χ0n) is 10.1. The molecule has 3 heteroatoms. The summed E-state index contributed by atoms with van der Waals surface area (Å²) in [4.78, 5) is 0. The van der Waals surface area contributed by atoms with E-state index in [2.05, 4.69) is 5.32 Å². The molecule has 0 radical (unpaired) electrons. The Hall–Kier alpha value is -0.120. The van der Waals surface area contributed by atoms with Gasteiger partial charge in [0.15, 0.2) is 0 Å². The van der Waals surface area contributed by atoms with Gasteiger partial charge in [-0.25, -0.2) is 0 Å². The van der Waals surface area contributed by atoms with Gasteiger partial charge in [-0.05, 0) is 32.1 Å². The van der Waals surface area contributed by atoms with E-state index in [-0.39, 0.29) is 0 Å². The predicted molar refractivity (Wildman–Crippen MR) is 62.0 cm³/mol. The van der Waals surface area contributed by atoms with Crippen molar-refractivity contribution in [3.8, 4) is 0 Å². The van der Waals surface area contributed by atoms with Gasteiger partial charge < -0.3 is 15.2 Å². The lowest BCUT2D eigenvalue weighted by Crippen LogP contribution is -2.43. The van der Waals surface area contributed by atoms with Crippen LogP contribution in [0.25, 0.3) is 0 Å². The summed E-state index contributed by atoms with van der Waals surface area (Å²) in [6, 6.07) is 0. The maximum Gasteiger partial charge on any atom is 0.0766 e. The lowest BCUT2D eigenvalue weighted by atomic mass is 9.97. The highest BCUT2D eigenvalue weighted by Crippen LogP contribution is 2.14. The third-order valence-corrected chi connectivity index (χ3v) is 3.42. The van der Waals surface area contributed by atoms with E-state index in [1.54, 1.807) is 0 Å². The average molecular weight is 215 g/mol. The maximum absolute atomic E-state index is 10.1. The molecule has 90 valence electrons. The molecule has 1 aliphatic heterocycles. The van der Waals surface area contributed by atoms with Crippen molar-refractivity contribution in [1.29, 1.82) is 0 Å². The topological polar surface area (TPSA) is 41.5 Å². The Bertz CT molecular complexity index is 163. The van der Waals surface area contributed by atoms with Gasteiger partial charge in [0.2, 0.25) is 0 Å². The first-order chi connectivity index (χ1) is 7.20. The van der Waals surface area contributed by atoms with E-state index < -0.39 is 5.60 Å². The van der Waals surface area contributed by atoms with Gasteiger partial charge in [-0.3, -0.25) is 0 Å². The normalized spacial score (nSPS) is 23.0. The molecule has 0 saturated carbocycles. The second-order valence-electron chi connectivity index (χ2n) is 4.55. The Morgan fingerprint density at radius 3 is 2.60 bits per heavy atom. The first-order valence-corrected chi connectivity index (χ1v) is 6.25. The molecular weight excluding hydrogens is 190 g/mol. The van der Waals surface area contributed by atoms with Crippen LogP contribution in [0.1, 0.15) is 46.0 Å². The molecule has 1 atom stereocenters. The number of hydrogen-bond acceptors (Lipinski definition) is 3. The fourth-order valence-corrected chi connectivity index (χ4v) is 1.93. The molecule has 1 heterocycles. The summed E-state index contributed by atoms with van der Waals surface area (Å²) in [6.45, 7) is 6.52. The van der Waals surface area contributed by atoms with Gasteiger partial charge in [0.25, 0.3) is 0 Å². The van der Waals surface area contributed by atoms with E-state index >= 15 is 0 Å². The number of rotatable bonds is 6. The molecule has 0 amide bonds. The van der Waals surface area contributed by atoms with Crippen LogP contribution in [-0.2, 0) is 4.74 Å². The van der Waals surface area contributed by atoms with E-state index in [4.69, 9.17) is 4.74 Å². The highest BCUT2D eigenvalue weighted by molar-refractivity contribution is 4.78. The lowest BCUT2D eigenvalue weighted by Gasteiger charge is -2.28. The van der Waals surface area contributed by atoms with Crippen LogP contribution in [-0.4, -0.2) is 36.5 Å². The third-order valence-electron chi connectivity index (χ3n) is 3.42. The standard InChI is InChI=1S/C12H25NO2/c1-3-12(14,4-2)10-13-9-11-7-5-6-8-15-11/h11,13-14H,3-10H2,1-2H3. The minimum Gasteiger partial charge on any atom is -0.389 e. The number of aliphatic hydroxyl groups is 1. The molecule has 1 saturated heterocycles. The second-order valence-corrected chi connectivity index (χ2v) is 4.55. The molecule has 0 bridgehead atoms. The van der Waals surface area contributed by atoms with Crippen molar-refractivity contribution in [2.45, 2.75) is 57.7 Å². The van der Waals surface area contributed by atoms with Crippen molar-refractivity contribution < 1.29 is 9.84 Å². The molecule has 1 aliphatic rings. The Morgan fingerprint density at radius 2 is 2.07 bits per heavy atom. The summed E-state index contributed by atoms with van der Waals surface area (Å²) in [7, 11) is 0. The van der Waals surface area contributed by atoms with Gasteiger partial charge >= 0.3 is 0 Å². The van der Waals surface area contributed by atoms with Crippen LogP contribution in [0, 0.1) is 0 Å². The molecular formula is C12H25NO2. The largest absolute Gasteiger partial charge is 0.389 e. The SMILES string of the molecule is CCC(O)(CC)CNCC1CCCCO1. The van der Waals surface area contributed by atoms with Crippen LogP contribution in [0.5, 0.6) is 0 Å². The van der Waals surface area contributed by atoms with Crippen molar-refractivity contribution in [2.75, 3.05) is 19.7 Å². The van der Waals surface area contributed by atoms with Crippen LogP contribution < -0.4 is 5.32 Å².